The lowest BCUT2D eigenvalue weighted by Crippen LogP contribution is -2.56. The lowest BCUT2D eigenvalue weighted by molar-refractivity contribution is -0.0130. The van der Waals surface area contributed by atoms with Gasteiger partial charge in [-0.05, 0) is 89.4 Å². The Morgan fingerprint density at radius 2 is 2.00 bits per heavy atom. The van der Waals surface area contributed by atoms with Gasteiger partial charge in [-0.1, -0.05) is 17.7 Å². The molecule has 2 fully saturated rings. The molecule has 0 bridgehead atoms. The van der Waals surface area contributed by atoms with E-state index in [2.05, 4.69) is 38.8 Å². The Morgan fingerprint density at radius 3 is 2.84 bits per heavy atom. The van der Waals surface area contributed by atoms with E-state index in [0.717, 1.165) is 91.3 Å². The highest BCUT2D eigenvalue weighted by Crippen LogP contribution is 2.42. The number of ether oxygens (including phenoxy) is 1. The van der Waals surface area contributed by atoms with Crippen LogP contribution >= 0.6 is 11.6 Å². The summed E-state index contributed by atoms with van der Waals surface area (Å²) in [7, 11) is 0. The Labute approximate surface area is 221 Å². The third-order valence-corrected chi connectivity index (χ3v) is 8.42. The maximum atomic E-state index is 10.2. The molecule has 37 heavy (non-hydrogen) atoms. The standard InChI is InChI=1S/C30H29ClN4O2/c31-27-14-32-9-6-25(27)26-3-1-2-20-12-23(36)4-5-24(20)29(26)21-7-10-35-16-22(33-28(35)13-21)15-34-17-30(18-34)8-11-37-19-30/h4-7,9-10,12-14,16,36H,1-3,8,11,15,17-19H2. The molecule has 2 saturated heterocycles. The monoisotopic (exact) mass is 512 g/mol. The van der Waals surface area contributed by atoms with E-state index in [1.807, 2.05) is 18.2 Å². The number of halogens is 1. The van der Waals surface area contributed by atoms with E-state index in [0.29, 0.717) is 16.2 Å². The SMILES string of the molecule is Oc1ccc2c(c1)CCCC(c1ccncc1Cl)=C2c1ccn2cc(CN3CC4(CCOC4)C3)nc2c1. The van der Waals surface area contributed by atoms with Gasteiger partial charge in [-0.2, -0.15) is 0 Å². The molecule has 4 aromatic rings. The minimum Gasteiger partial charge on any atom is -0.508 e. The smallest absolute Gasteiger partial charge is 0.137 e. The summed E-state index contributed by atoms with van der Waals surface area (Å²) in [5, 5.41) is 10.9. The number of likely N-dealkylation sites (tertiary alicyclic amines) is 1. The van der Waals surface area contributed by atoms with Crippen molar-refractivity contribution in [3.8, 4) is 5.75 Å². The van der Waals surface area contributed by atoms with Gasteiger partial charge in [-0.15, -0.1) is 0 Å². The zero-order valence-electron chi connectivity index (χ0n) is 20.7. The van der Waals surface area contributed by atoms with Gasteiger partial charge in [0.05, 0.1) is 17.3 Å². The fourth-order valence-corrected chi connectivity index (χ4v) is 6.63. The van der Waals surface area contributed by atoms with Crippen molar-refractivity contribution >= 4 is 28.4 Å². The average molecular weight is 513 g/mol. The topological polar surface area (TPSA) is 62.9 Å². The van der Waals surface area contributed by atoms with Gasteiger partial charge in [0.1, 0.15) is 11.4 Å². The van der Waals surface area contributed by atoms with Crippen molar-refractivity contribution in [2.45, 2.75) is 32.2 Å². The van der Waals surface area contributed by atoms with Crippen LogP contribution in [0.1, 0.15) is 47.2 Å². The lowest BCUT2D eigenvalue weighted by Gasteiger charge is -2.46. The average Bonchev–Trinajstić information content (AvgIpc) is 3.47. The maximum Gasteiger partial charge on any atom is 0.137 e. The zero-order valence-corrected chi connectivity index (χ0v) is 21.4. The molecule has 1 aromatic carbocycles. The summed E-state index contributed by atoms with van der Waals surface area (Å²) in [5.41, 5.74) is 9.17. The van der Waals surface area contributed by atoms with Crippen molar-refractivity contribution in [3.63, 3.8) is 0 Å². The summed E-state index contributed by atoms with van der Waals surface area (Å²) in [6.45, 7) is 4.85. The second-order valence-corrected chi connectivity index (χ2v) is 11.2. The van der Waals surface area contributed by atoms with Crippen molar-refractivity contribution in [2.24, 2.45) is 5.41 Å². The first kappa shape index (κ1) is 23.0. The molecule has 6 nitrogen and oxygen atoms in total. The lowest BCUT2D eigenvalue weighted by atomic mass is 9.79. The van der Waals surface area contributed by atoms with Crippen LogP contribution < -0.4 is 0 Å². The predicted octanol–water partition coefficient (Wildman–Crippen LogP) is 5.61. The van der Waals surface area contributed by atoms with E-state index in [1.165, 1.54) is 12.0 Å². The van der Waals surface area contributed by atoms with E-state index in [9.17, 15) is 5.11 Å². The molecule has 1 spiro atoms. The number of aromatic hydroxyl groups is 1. The number of hydrogen-bond donors (Lipinski definition) is 1. The molecule has 188 valence electrons. The highest BCUT2D eigenvalue weighted by molar-refractivity contribution is 6.32. The third kappa shape index (κ3) is 4.13. The molecule has 0 amide bonds. The molecular weight excluding hydrogens is 484 g/mol. The fourth-order valence-electron chi connectivity index (χ4n) is 6.40. The Balaban J connectivity index is 1.29. The number of allylic oxidation sites excluding steroid dienone is 1. The first-order valence-electron chi connectivity index (χ1n) is 13.0. The second-order valence-electron chi connectivity index (χ2n) is 10.8. The predicted molar refractivity (Wildman–Crippen MR) is 145 cm³/mol. The van der Waals surface area contributed by atoms with Crippen molar-refractivity contribution in [2.75, 3.05) is 26.3 Å². The second kappa shape index (κ2) is 8.98. The van der Waals surface area contributed by atoms with Gasteiger partial charge in [-0.3, -0.25) is 9.88 Å². The van der Waals surface area contributed by atoms with Gasteiger partial charge >= 0.3 is 0 Å². The Bertz CT molecular complexity index is 1530. The third-order valence-electron chi connectivity index (χ3n) is 8.12. The number of imidazole rings is 1. The summed E-state index contributed by atoms with van der Waals surface area (Å²) in [5.74, 6) is 0.300. The largest absolute Gasteiger partial charge is 0.508 e. The van der Waals surface area contributed by atoms with Crippen LogP contribution in [0.4, 0.5) is 0 Å². The van der Waals surface area contributed by atoms with Crippen molar-refractivity contribution in [1.82, 2.24) is 19.3 Å². The molecule has 0 unspecified atom stereocenters. The quantitative estimate of drug-likeness (QED) is 0.385. The van der Waals surface area contributed by atoms with Crippen molar-refractivity contribution in [1.29, 1.82) is 0 Å². The van der Waals surface area contributed by atoms with Gasteiger partial charge in [-0.25, -0.2) is 4.98 Å². The van der Waals surface area contributed by atoms with Crippen molar-refractivity contribution < 1.29 is 9.84 Å². The number of phenols is 1. The number of pyridine rings is 2. The fraction of sp³-hybridized carbons (Fsp3) is 0.333. The molecule has 7 rings (SSSR count). The zero-order chi connectivity index (χ0) is 25.0. The number of rotatable bonds is 4. The maximum absolute atomic E-state index is 10.2. The first-order valence-corrected chi connectivity index (χ1v) is 13.4. The summed E-state index contributed by atoms with van der Waals surface area (Å²) in [4.78, 5) is 11.7. The van der Waals surface area contributed by atoms with E-state index in [-0.39, 0.29) is 0 Å². The minimum atomic E-state index is 0.300. The van der Waals surface area contributed by atoms with E-state index < -0.39 is 0 Å². The summed E-state index contributed by atoms with van der Waals surface area (Å²) in [6, 6.07) is 12.1. The van der Waals surface area contributed by atoms with Crippen LogP contribution in [0.2, 0.25) is 5.02 Å². The number of fused-ring (bicyclic) bond motifs is 2. The number of nitrogens with zero attached hydrogens (tertiary/aromatic N) is 4. The van der Waals surface area contributed by atoms with Gasteiger partial charge in [0.25, 0.3) is 0 Å². The van der Waals surface area contributed by atoms with Gasteiger partial charge in [0.15, 0.2) is 0 Å². The molecule has 1 aliphatic carbocycles. The molecule has 7 heteroatoms. The Morgan fingerprint density at radius 1 is 1.08 bits per heavy atom. The molecule has 1 N–H and O–H groups in total. The van der Waals surface area contributed by atoms with Crippen LogP contribution in [-0.4, -0.2) is 50.7 Å². The normalized spacial score (nSPS) is 19.3. The van der Waals surface area contributed by atoms with Crippen molar-refractivity contribution in [3.05, 3.63) is 94.2 Å². The van der Waals surface area contributed by atoms with E-state index in [1.54, 1.807) is 18.5 Å². The number of aromatic nitrogens is 3. The summed E-state index contributed by atoms with van der Waals surface area (Å²) >= 11 is 6.66. The highest BCUT2D eigenvalue weighted by atomic mass is 35.5. The van der Waals surface area contributed by atoms with Gasteiger partial charge < -0.3 is 14.2 Å². The van der Waals surface area contributed by atoms with Crippen LogP contribution in [-0.2, 0) is 17.7 Å². The number of phenolic OH excluding ortho intramolecular Hbond substituents is 1. The van der Waals surface area contributed by atoms with Gasteiger partial charge in [0.2, 0.25) is 0 Å². The van der Waals surface area contributed by atoms with Crippen LogP contribution in [0.5, 0.6) is 5.75 Å². The summed E-state index contributed by atoms with van der Waals surface area (Å²) < 4.78 is 7.74. The molecular formula is C30H29ClN4O2. The molecule has 5 heterocycles. The van der Waals surface area contributed by atoms with E-state index >= 15 is 0 Å². The number of hydrogen-bond acceptors (Lipinski definition) is 5. The van der Waals surface area contributed by atoms with Gasteiger partial charge in [0, 0.05) is 56.4 Å². The van der Waals surface area contributed by atoms with Crippen LogP contribution in [0, 0.1) is 5.41 Å². The Hall–Kier alpha value is -3.19. The molecule has 0 saturated carbocycles. The highest BCUT2D eigenvalue weighted by Gasteiger charge is 2.45. The summed E-state index contributed by atoms with van der Waals surface area (Å²) in [6.07, 6.45) is 11.7. The molecule has 0 atom stereocenters. The first-order chi connectivity index (χ1) is 18.1. The number of aryl methyl sites for hydroxylation is 1. The van der Waals surface area contributed by atoms with Crippen LogP contribution in [0.15, 0.2) is 61.2 Å². The van der Waals surface area contributed by atoms with Crippen LogP contribution in [0.25, 0.3) is 16.8 Å². The van der Waals surface area contributed by atoms with Crippen LogP contribution in [0.3, 0.4) is 0 Å². The molecule has 3 aliphatic rings. The minimum absolute atomic E-state index is 0.300. The Kier molecular flexibility index (Phi) is 5.57. The molecule has 2 aliphatic heterocycles. The van der Waals surface area contributed by atoms with E-state index in [4.69, 9.17) is 21.3 Å². The number of benzene rings is 1. The molecule has 3 aromatic heterocycles. The molecule has 0 radical (unpaired) electrons.